The number of unbranched alkanes of at least 4 members (excludes halogenated alkanes) is 1. The van der Waals surface area contributed by atoms with Crippen molar-refractivity contribution >= 4 is 0 Å². The molecule has 0 aromatic heterocycles. The molecule has 8 heteroatoms. The van der Waals surface area contributed by atoms with Gasteiger partial charge < -0.3 is 25.6 Å². The SMILES string of the molecule is CCCCC(CC)CC1=C(C)C(O)(O)N(O)C(O)(O)N1O. The van der Waals surface area contributed by atoms with Crippen molar-refractivity contribution in [1.29, 1.82) is 0 Å². The van der Waals surface area contributed by atoms with Crippen molar-refractivity contribution in [3.63, 3.8) is 0 Å². The fraction of sp³-hybridized carbons (Fsp3) is 0.846. The Kier molecular flexibility index (Phi) is 5.73. The Balaban J connectivity index is 3.09. The van der Waals surface area contributed by atoms with Crippen LogP contribution in [0.15, 0.2) is 11.3 Å². The lowest BCUT2D eigenvalue weighted by Gasteiger charge is -2.48. The maximum Gasteiger partial charge on any atom is 0.364 e. The van der Waals surface area contributed by atoms with Gasteiger partial charge in [0.1, 0.15) is 0 Å². The van der Waals surface area contributed by atoms with Crippen LogP contribution in [0.25, 0.3) is 0 Å². The van der Waals surface area contributed by atoms with E-state index >= 15 is 0 Å². The summed E-state index contributed by atoms with van der Waals surface area (Å²) in [5, 5.41) is 57.8. The molecule has 0 aromatic rings. The second-order valence-corrected chi connectivity index (χ2v) is 5.55. The molecular formula is C13H26N2O6. The molecule has 0 saturated carbocycles. The summed E-state index contributed by atoms with van der Waals surface area (Å²) in [4.78, 5) is 0. The molecule has 6 N–H and O–H groups in total. The molecule has 124 valence electrons. The summed E-state index contributed by atoms with van der Waals surface area (Å²) in [7, 11) is 0. The topological polar surface area (TPSA) is 128 Å². The molecule has 1 aliphatic heterocycles. The summed E-state index contributed by atoms with van der Waals surface area (Å²) in [6.45, 7) is 5.32. The molecule has 0 aromatic carbocycles. The van der Waals surface area contributed by atoms with Crippen molar-refractivity contribution in [2.75, 3.05) is 0 Å². The molecule has 0 radical (unpaired) electrons. The Morgan fingerprint density at radius 3 is 2.14 bits per heavy atom. The highest BCUT2D eigenvalue weighted by Gasteiger charge is 2.56. The number of rotatable bonds is 6. The monoisotopic (exact) mass is 306 g/mol. The lowest BCUT2D eigenvalue weighted by molar-refractivity contribution is -0.537. The van der Waals surface area contributed by atoms with Gasteiger partial charge in [0.25, 0.3) is 5.91 Å². The quantitative estimate of drug-likeness (QED) is 0.391. The van der Waals surface area contributed by atoms with Gasteiger partial charge in [-0.3, -0.25) is 5.21 Å². The molecule has 0 saturated heterocycles. The number of hydrogen-bond donors (Lipinski definition) is 6. The van der Waals surface area contributed by atoms with Crippen molar-refractivity contribution in [1.82, 2.24) is 10.1 Å². The van der Waals surface area contributed by atoms with E-state index in [0.717, 1.165) is 25.7 Å². The molecule has 0 bridgehead atoms. The molecule has 1 atom stereocenters. The van der Waals surface area contributed by atoms with Gasteiger partial charge in [0.15, 0.2) is 0 Å². The first kappa shape index (κ1) is 18.3. The van der Waals surface area contributed by atoms with Gasteiger partial charge in [0, 0.05) is 5.57 Å². The van der Waals surface area contributed by atoms with Crippen molar-refractivity contribution in [3.05, 3.63) is 11.3 Å². The third-order valence-electron chi connectivity index (χ3n) is 4.08. The van der Waals surface area contributed by atoms with Gasteiger partial charge in [0.05, 0.1) is 5.70 Å². The standard InChI is InChI=1S/C13H26N2O6/c1-4-6-7-10(5-2)8-11-9(3)12(16,17)15(21)13(18,19)14(11)20/h10,16-21H,4-8H2,1-3H3. The molecular weight excluding hydrogens is 280 g/mol. The summed E-state index contributed by atoms with van der Waals surface area (Å²) in [6, 6.07) is -3.32. The number of hydroxylamine groups is 4. The van der Waals surface area contributed by atoms with E-state index in [1.165, 1.54) is 6.92 Å². The van der Waals surface area contributed by atoms with E-state index in [9.17, 15) is 30.8 Å². The third kappa shape index (κ3) is 3.37. The second-order valence-electron chi connectivity index (χ2n) is 5.55. The molecule has 0 fully saturated rings. The summed E-state index contributed by atoms with van der Waals surface area (Å²) in [5.41, 5.74) is -0.195. The van der Waals surface area contributed by atoms with E-state index in [1.807, 2.05) is 6.92 Å². The predicted molar refractivity (Wildman–Crippen MR) is 72.2 cm³/mol. The fourth-order valence-corrected chi connectivity index (χ4v) is 2.45. The zero-order valence-electron chi connectivity index (χ0n) is 12.7. The van der Waals surface area contributed by atoms with Crippen LogP contribution >= 0.6 is 0 Å². The minimum Gasteiger partial charge on any atom is -0.348 e. The van der Waals surface area contributed by atoms with Crippen LogP contribution in [0.4, 0.5) is 0 Å². The first-order chi connectivity index (χ1) is 9.60. The number of allylic oxidation sites excluding steroid dienone is 1. The van der Waals surface area contributed by atoms with E-state index in [1.54, 1.807) is 0 Å². The summed E-state index contributed by atoms with van der Waals surface area (Å²) < 4.78 is 0. The van der Waals surface area contributed by atoms with Gasteiger partial charge in [-0.05, 0) is 19.3 Å². The van der Waals surface area contributed by atoms with Crippen molar-refractivity contribution in [2.24, 2.45) is 5.92 Å². The van der Waals surface area contributed by atoms with Crippen LogP contribution in [0.3, 0.4) is 0 Å². The third-order valence-corrected chi connectivity index (χ3v) is 4.08. The van der Waals surface area contributed by atoms with Crippen molar-refractivity contribution in [3.8, 4) is 0 Å². The minimum atomic E-state index is -3.32. The zero-order valence-corrected chi connectivity index (χ0v) is 12.7. The molecule has 8 nitrogen and oxygen atoms in total. The minimum absolute atomic E-state index is 0.0294. The lowest BCUT2D eigenvalue weighted by Crippen LogP contribution is -2.70. The van der Waals surface area contributed by atoms with E-state index in [-0.39, 0.29) is 28.7 Å². The summed E-state index contributed by atoms with van der Waals surface area (Å²) >= 11 is 0. The van der Waals surface area contributed by atoms with Crippen LogP contribution in [0.2, 0.25) is 0 Å². The first-order valence-corrected chi connectivity index (χ1v) is 7.18. The zero-order chi connectivity index (χ0) is 16.4. The second kappa shape index (κ2) is 6.57. The van der Waals surface area contributed by atoms with E-state index in [2.05, 4.69) is 6.92 Å². The van der Waals surface area contributed by atoms with Gasteiger partial charge in [-0.1, -0.05) is 44.6 Å². The smallest absolute Gasteiger partial charge is 0.348 e. The Labute approximate surface area is 124 Å². The van der Waals surface area contributed by atoms with Crippen LogP contribution < -0.4 is 0 Å². The Hall–Kier alpha value is -0.740. The largest absolute Gasteiger partial charge is 0.364 e. The van der Waals surface area contributed by atoms with E-state index in [0.29, 0.717) is 0 Å². The number of aliphatic hydroxyl groups is 4. The molecule has 1 aliphatic rings. The van der Waals surface area contributed by atoms with Crippen molar-refractivity contribution in [2.45, 2.75) is 64.8 Å². The van der Waals surface area contributed by atoms with Gasteiger partial charge >= 0.3 is 6.03 Å². The molecule has 1 heterocycles. The van der Waals surface area contributed by atoms with Crippen LogP contribution in [0.5, 0.6) is 0 Å². The molecule has 1 rings (SSSR count). The van der Waals surface area contributed by atoms with Crippen molar-refractivity contribution < 1.29 is 30.8 Å². The highest BCUT2D eigenvalue weighted by atomic mass is 16.8. The molecule has 0 aliphatic carbocycles. The maximum atomic E-state index is 9.89. The van der Waals surface area contributed by atoms with Gasteiger partial charge in [-0.15, -0.1) is 0 Å². The molecule has 0 spiro atoms. The number of nitrogens with zero attached hydrogens (tertiary/aromatic N) is 2. The van der Waals surface area contributed by atoms with Gasteiger partial charge in [-0.25, -0.2) is 0 Å². The predicted octanol–water partition coefficient (Wildman–Crippen LogP) is 0.497. The average molecular weight is 306 g/mol. The van der Waals surface area contributed by atoms with E-state index in [4.69, 9.17) is 0 Å². The highest BCUT2D eigenvalue weighted by Crippen LogP contribution is 2.38. The Bertz CT molecular complexity index is 396. The average Bonchev–Trinajstić information content (AvgIpc) is 2.44. The summed E-state index contributed by atoms with van der Waals surface area (Å²) in [5.74, 6) is -2.83. The summed E-state index contributed by atoms with van der Waals surface area (Å²) in [6.07, 6.45) is 3.89. The van der Waals surface area contributed by atoms with Crippen LogP contribution in [0.1, 0.15) is 52.9 Å². The molecule has 0 amide bonds. The van der Waals surface area contributed by atoms with Crippen LogP contribution in [0, 0.1) is 5.92 Å². The maximum absolute atomic E-state index is 9.89. The molecule has 21 heavy (non-hydrogen) atoms. The van der Waals surface area contributed by atoms with E-state index < -0.39 is 17.0 Å². The van der Waals surface area contributed by atoms with Crippen LogP contribution in [-0.2, 0) is 0 Å². The number of hydrogen-bond acceptors (Lipinski definition) is 8. The fourth-order valence-electron chi connectivity index (χ4n) is 2.45. The van der Waals surface area contributed by atoms with Gasteiger partial charge in [-0.2, -0.15) is 5.06 Å². The Morgan fingerprint density at radius 1 is 1.10 bits per heavy atom. The highest BCUT2D eigenvalue weighted by molar-refractivity contribution is 5.20. The van der Waals surface area contributed by atoms with Gasteiger partial charge in [0.2, 0.25) is 0 Å². The lowest BCUT2D eigenvalue weighted by atomic mass is 9.91. The molecule has 1 unspecified atom stereocenters. The Morgan fingerprint density at radius 2 is 1.67 bits per heavy atom. The normalized spacial score (nSPS) is 23.6. The first-order valence-electron chi connectivity index (χ1n) is 7.18. The van der Waals surface area contributed by atoms with Crippen LogP contribution in [-0.4, -0.2) is 52.9 Å².